The van der Waals surface area contributed by atoms with E-state index >= 15 is 0 Å². The number of carbonyl (C=O) groups is 1. The number of amides is 1. The second kappa shape index (κ2) is 5.83. The van der Waals surface area contributed by atoms with Gasteiger partial charge in [0, 0.05) is 6.54 Å². The van der Waals surface area contributed by atoms with Crippen molar-refractivity contribution >= 4 is 17.3 Å². The quantitative estimate of drug-likeness (QED) is 0.867. The van der Waals surface area contributed by atoms with Gasteiger partial charge >= 0.3 is 0 Å². The van der Waals surface area contributed by atoms with Crippen molar-refractivity contribution in [2.45, 2.75) is 12.5 Å². The number of nitrogens with zero attached hydrogens (tertiary/aromatic N) is 1. The Morgan fingerprint density at radius 2 is 1.86 bits per heavy atom. The average Bonchev–Trinajstić information content (AvgIpc) is 2.66. The van der Waals surface area contributed by atoms with Gasteiger partial charge in [0.05, 0.1) is 23.8 Å². The molecular formula is C18H18N2O. The number of fused-ring (bicyclic) bond motifs is 1. The Morgan fingerprint density at radius 3 is 2.62 bits per heavy atom. The van der Waals surface area contributed by atoms with Gasteiger partial charge in [0.15, 0.2) is 0 Å². The molecule has 0 saturated carbocycles. The SMILES string of the molecule is C=CCN1C(=O)C[C@@H](c2ccccc2)Nc2ccccc21. The van der Waals surface area contributed by atoms with E-state index in [-0.39, 0.29) is 11.9 Å². The Morgan fingerprint density at radius 1 is 1.14 bits per heavy atom. The van der Waals surface area contributed by atoms with Gasteiger partial charge in [0.1, 0.15) is 0 Å². The molecule has 1 aliphatic rings. The Kier molecular flexibility index (Phi) is 3.73. The molecule has 3 heteroatoms. The van der Waals surface area contributed by atoms with Crippen LogP contribution >= 0.6 is 0 Å². The maximum absolute atomic E-state index is 12.6. The van der Waals surface area contributed by atoms with Gasteiger partial charge in [-0.25, -0.2) is 0 Å². The molecule has 3 nitrogen and oxygen atoms in total. The zero-order chi connectivity index (χ0) is 14.7. The van der Waals surface area contributed by atoms with Gasteiger partial charge in [-0.1, -0.05) is 48.5 Å². The fraction of sp³-hybridized carbons (Fsp3) is 0.167. The molecule has 0 bridgehead atoms. The number of rotatable bonds is 3. The monoisotopic (exact) mass is 278 g/mol. The zero-order valence-electron chi connectivity index (χ0n) is 11.8. The van der Waals surface area contributed by atoms with Crippen LogP contribution in [-0.4, -0.2) is 12.5 Å². The van der Waals surface area contributed by atoms with E-state index in [1.807, 2.05) is 42.5 Å². The average molecular weight is 278 g/mol. The minimum absolute atomic E-state index is 0.00494. The van der Waals surface area contributed by atoms with Crippen LogP contribution in [0.15, 0.2) is 67.3 Å². The van der Waals surface area contributed by atoms with Crippen LogP contribution in [-0.2, 0) is 4.79 Å². The van der Waals surface area contributed by atoms with E-state index in [0.29, 0.717) is 13.0 Å². The number of benzene rings is 2. The first-order valence-electron chi connectivity index (χ1n) is 7.11. The van der Waals surface area contributed by atoms with Crippen molar-refractivity contribution in [1.82, 2.24) is 0 Å². The van der Waals surface area contributed by atoms with Crippen LogP contribution in [0.2, 0.25) is 0 Å². The molecule has 0 saturated heterocycles. The summed E-state index contributed by atoms with van der Waals surface area (Å²) in [6.45, 7) is 4.28. The van der Waals surface area contributed by atoms with E-state index in [0.717, 1.165) is 16.9 Å². The van der Waals surface area contributed by atoms with Gasteiger partial charge in [-0.15, -0.1) is 6.58 Å². The molecule has 1 N–H and O–H groups in total. The number of nitrogens with one attached hydrogen (secondary N) is 1. The van der Waals surface area contributed by atoms with Gasteiger partial charge in [0.2, 0.25) is 5.91 Å². The van der Waals surface area contributed by atoms with Crippen LogP contribution in [0.4, 0.5) is 11.4 Å². The lowest BCUT2D eigenvalue weighted by Crippen LogP contribution is -2.30. The first-order chi connectivity index (χ1) is 10.3. The zero-order valence-corrected chi connectivity index (χ0v) is 11.8. The van der Waals surface area contributed by atoms with E-state index in [4.69, 9.17) is 0 Å². The van der Waals surface area contributed by atoms with Gasteiger partial charge in [0.25, 0.3) is 0 Å². The number of hydrogen-bond donors (Lipinski definition) is 1. The highest BCUT2D eigenvalue weighted by molar-refractivity contribution is 5.99. The number of carbonyl (C=O) groups excluding carboxylic acids is 1. The van der Waals surface area contributed by atoms with Crippen LogP contribution in [0.5, 0.6) is 0 Å². The molecule has 106 valence electrons. The molecule has 1 amide bonds. The molecule has 0 radical (unpaired) electrons. The maximum Gasteiger partial charge on any atom is 0.229 e. The summed E-state index contributed by atoms with van der Waals surface area (Å²) < 4.78 is 0. The highest BCUT2D eigenvalue weighted by Gasteiger charge is 2.27. The molecule has 1 heterocycles. The molecule has 0 spiro atoms. The van der Waals surface area contributed by atoms with Crippen molar-refractivity contribution < 1.29 is 4.79 Å². The maximum atomic E-state index is 12.6. The largest absolute Gasteiger partial charge is 0.376 e. The molecule has 2 aromatic rings. The molecule has 0 aliphatic carbocycles. The first-order valence-corrected chi connectivity index (χ1v) is 7.11. The fourth-order valence-corrected chi connectivity index (χ4v) is 2.70. The summed E-state index contributed by atoms with van der Waals surface area (Å²) in [6, 6.07) is 18.0. The van der Waals surface area contributed by atoms with E-state index in [9.17, 15) is 4.79 Å². The summed E-state index contributed by atoms with van der Waals surface area (Å²) in [5, 5.41) is 3.50. The van der Waals surface area contributed by atoms with E-state index < -0.39 is 0 Å². The second-order valence-corrected chi connectivity index (χ2v) is 5.12. The van der Waals surface area contributed by atoms with Crippen molar-refractivity contribution in [2.75, 3.05) is 16.8 Å². The summed E-state index contributed by atoms with van der Waals surface area (Å²) in [6.07, 6.45) is 2.20. The molecular weight excluding hydrogens is 260 g/mol. The predicted octanol–water partition coefficient (Wildman–Crippen LogP) is 3.76. The van der Waals surface area contributed by atoms with Gasteiger partial charge in [-0.2, -0.15) is 0 Å². The summed E-state index contributed by atoms with van der Waals surface area (Å²) in [5.74, 6) is 0.112. The highest BCUT2D eigenvalue weighted by atomic mass is 16.2. The van der Waals surface area contributed by atoms with Crippen molar-refractivity contribution in [3.05, 3.63) is 72.8 Å². The normalized spacial score (nSPS) is 17.6. The second-order valence-electron chi connectivity index (χ2n) is 5.12. The number of hydrogen-bond acceptors (Lipinski definition) is 2. The Balaban J connectivity index is 2.01. The first kappa shape index (κ1) is 13.4. The van der Waals surface area contributed by atoms with Crippen molar-refractivity contribution in [3.8, 4) is 0 Å². The van der Waals surface area contributed by atoms with Crippen LogP contribution in [0.3, 0.4) is 0 Å². The van der Waals surface area contributed by atoms with Crippen LogP contribution < -0.4 is 10.2 Å². The molecule has 2 aromatic carbocycles. The number of anilines is 2. The third-order valence-corrected chi connectivity index (χ3v) is 3.72. The third-order valence-electron chi connectivity index (χ3n) is 3.72. The van der Waals surface area contributed by atoms with Crippen LogP contribution in [0.1, 0.15) is 18.0 Å². The Labute approximate surface area is 124 Å². The molecule has 0 fully saturated rings. The summed E-state index contributed by atoms with van der Waals surface area (Å²) in [5.41, 5.74) is 3.03. The predicted molar refractivity (Wildman–Crippen MR) is 86.4 cm³/mol. The molecule has 0 aromatic heterocycles. The lowest BCUT2D eigenvalue weighted by Gasteiger charge is -2.20. The fourth-order valence-electron chi connectivity index (χ4n) is 2.70. The molecule has 0 unspecified atom stereocenters. The minimum atomic E-state index is -0.00494. The lowest BCUT2D eigenvalue weighted by atomic mass is 10.0. The summed E-state index contributed by atoms with van der Waals surface area (Å²) in [4.78, 5) is 14.4. The molecule has 1 aliphatic heterocycles. The van der Waals surface area contributed by atoms with Gasteiger partial charge in [-0.3, -0.25) is 4.79 Å². The third kappa shape index (κ3) is 2.68. The van der Waals surface area contributed by atoms with Crippen molar-refractivity contribution in [2.24, 2.45) is 0 Å². The van der Waals surface area contributed by atoms with Crippen LogP contribution in [0.25, 0.3) is 0 Å². The minimum Gasteiger partial charge on any atom is -0.376 e. The smallest absolute Gasteiger partial charge is 0.229 e. The standard InChI is InChI=1S/C18H18N2O/c1-2-12-20-17-11-7-6-10-15(17)19-16(13-18(20)21)14-8-4-3-5-9-14/h2-11,16,19H,1,12-13H2/t16-/m0/s1. The molecule has 3 rings (SSSR count). The topological polar surface area (TPSA) is 32.3 Å². The van der Waals surface area contributed by atoms with Crippen molar-refractivity contribution in [1.29, 1.82) is 0 Å². The van der Waals surface area contributed by atoms with Crippen LogP contribution in [0, 0.1) is 0 Å². The summed E-state index contributed by atoms with van der Waals surface area (Å²) in [7, 11) is 0. The van der Waals surface area contributed by atoms with Gasteiger partial charge in [-0.05, 0) is 17.7 Å². The van der Waals surface area contributed by atoms with Gasteiger partial charge < -0.3 is 10.2 Å². The van der Waals surface area contributed by atoms with E-state index in [1.165, 1.54) is 0 Å². The van der Waals surface area contributed by atoms with E-state index in [1.54, 1.807) is 11.0 Å². The lowest BCUT2D eigenvalue weighted by molar-refractivity contribution is -0.118. The van der Waals surface area contributed by atoms with E-state index in [2.05, 4.69) is 24.0 Å². The Bertz CT molecular complexity index is 651. The summed E-state index contributed by atoms with van der Waals surface area (Å²) >= 11 is 0. The van der Waals surface area contributed by atoms with Crippen molar-refractivity contribution in [3.63, 3.8) is 0 Å². The highest BCUT2D eigenvalue weighted by Crippen LogP contribution is 2.35. The number of para-hydroxylation sites is 2. The molecule has 1 atom stereocenters. The Hall–Kier alpha value is -2.55. The molecule has 21 heavy (non-hydrogen) atoms.